The maximum absolute atomic E-state index is 4.54. The van der Waals surface area contributed by atoms with E-state index in [2.05, 4.69) is 48.4 Å². The number of rotatable bonds is 6. The quantitative estimate of drug-likeness (QED) is 0.807. The first kappa shape index (κ1) is 12.5. The topological polar surface area (TPSA) is 28.2 Å². The molecule has 1 rings (SSSR count). The minimum absolute atomic E-state index is 0.556. The molecule has 0 saturated heterocycles. The minimum Gasteiger partial charge on any atom is -0.350 e. The third kappa shape index (κ3) is 4.18. The van der Waals surface area contributed by atoms with Gasteiger partial charge in [0.25, 0.3) is 0 Å². The Morgan fingerprint density at radius 1 is 1.53 bits per heavy atom. The maximum Gasteiger partial charge on any atom is 0.185 e. The third-order valence-electron chi connectivity index (χ3n) is 2.23. The van der Waals surface area contributed by atoms with E-state index in [9.17, 15) is 0 Å². The summed E-state index contributed by atoms with van der Waals surface area (Å²) in [5.41, 5.74) is 1.19. The number of hydrogen-bond donors (Lipinski definition) is 1. The summed E-state index contributed by atoms with van der Waals surface area (Å²) in [6.07, 6.45) is 1.02. The van der Waals surface area contributed by atoms with Crippen LogP contribution in [0.4, 0.5) is 5.13 Å². The van der Waals surface area contributed by atoms with Crippen molar-refractivity contribution in [2.24, 2.45) is 0 Å². The number of hydrogen-bond acceptors (Lipinski definition) is 4. The van der Waals surface area contributed by atoms with Gasteiger partial charge in [0.2, 0.25) is 0 Å². The Hall–Kier alpha value is -0.610. The van der Waals surface area contributed by atoms with Crippen molar-refractivity contribution >= 4 is 16.5 Å². The second kappa shape index (κ2) is 6.08. The zero-order valence-corrected chi connectivity index (χ0v) is 10.9. The molecule has 0 aliphatic carbocycles. The highest BCUT2D eigenvalue weighted by Gasteiger charge is 2.05. The molecule has 0 radical (unpaired) electrons. The Labute approximate surface area is 96.5 Å². The summed E-state index contributed by atoms with van der Waals surface area (Å²) < 4.78 is 0. The van der Waals surface area contributed by atoms with Crippen LogP contribution < -0.4 is 10.2 Å². The van der Waals surface area contributed by atoms with E-state index < -0.39 is 0 Å². The minimum atomic E-state index is 0.556. The Balaban J connectivity index is 2.36. The molecule has 1 N–H and O–H groups in total. The van der Waals surface area contributed by atoms with Gasteiger partial charge in [-0.3, -0.25) is 0 Å². The molecule has 0 fully saturated rings. The molecule has 3 nitrogen and oxygen atoms in total. The van der Waals surface area contributed by atoms with E-state index in [1.807, 2.05) is 0 Å². The van der Waals surface area contributed by atoms with Gasteiger partial charge in [0, 0.05) is 31.6 Å². The van der Waals surface area contributed by atoms with Crippen molar-refractivity contribution in [1.29, 1.82) is 0 Å². The summed E-state index contributed by atoms with van der Waals surface area (Å²) in [4.78, 5) is 6.75. The highest BCUT2D eigenvalue weighted by molar-refractivity contribution is 7.13. The Bertz CT molecular complexity index is 283. The Kier molecular flexibility index (Phi) is 5.05. The van der Waals surface area contributed by atoms with Gasteiger partial charge in [-0.15, -0.1) is 11.3 Å². The van der Waals surface area contributed by atoms with Gasteiger partial charge in [0.1, 0.15) is 0 Å². The van der Waals surface area contributed by atoms with Crippen LogP contribution in [0.15, 0.2) is 5.38 Å². The van der Waals surface area contributed by atoms with Crippen LogP contribution in [0.2, 0.25) is 0 Å². The molecule has 0 bridgehead atoms. The SMILES string of the molecule is CCc1csc(N(C)CCNC(C)C)n1. The summed E-state index contributed by atoms with van der Waals surface area (Å²) in [6, 6.07) is 0.556. The highest BCUT2D eigenvalue weighted by atomic mass is 32.1. The lowest BCUT2D eigenvalue weighted by Crippen LogP contribution is -2.32. The summed E-state index contributed by atoms with van der Waals surface area (Å²) in [5.74, 6) is 0. The number of nitrogens with zero attached hydrogens (tertiary/aromatic N) is 2. The van der Waals surface area contributed by atoms with Crippen molar-refractivity contribution in [1.82, 2.24) is 10.3 Å². The summed E-state index contributed by atoms with van der Waals surface area (Å²) in [5, 5.41) is 6.67. The average Bonchev–Trinajstić information content (AvgIpc) is 2.65. The van der Waals surface area contributed by atoms with Crippen molar-refractivity contribution in [3.05, 3.63) is 11.1 Å². The molecule has 0 aliphatic heterocycles. The second-order valence-corrected chi connectivity index (χ2v) is 4.84. The maximum atomic E-state index is 4.54. The zero-order valence-electron chi connectivity index (χ0n) is 10.1. The Morgan fingerprint density at radius 2 is 2.27 bits per heavy atom. The van der Waals surface area contributed by atoms with E-state index >= 15 is 0 Å². The fourth-order valence-corrected chi connectivity index (χ4v) is 2.15. The molecule has 4 heteroatoms. The molecule has 1 heterocycles. The molecule has 86 valence electrons. The van der Waals surface area contributed by atoms with Crippen LogP contribution in [0.3, 0.4) is 0 Å². The van der Waals surface area contributed by atoms with E-state index in [1.54, 1.807) is 11.3 Å². The number of aryl methyl sites for hydroxylation is 1. The number of likely N-dealkylation sites (N-methyl/N-ethyl adjacent to an activating group) is 1. The molecule has 1 aromatic rings. The van der Waals surface area contributed by atoms with E-state index in [1.165, 1.54) is 5.69 Å². The van der Waals surface area contributed by atoms with Crippen LogP contribution in [0.1, 0.15) is 26.5 Å². The highest BCUT2D eigenvalue weighted by Crippen LogP contribution is 2.18. The lowest BCUT2D eigenvalue weighted by atomic mass is 10.4. The van der Waals surface area contributed by atoms with Crippen LogP contribution in [0.5, 0.6) is 0 Å². The van der Waals surface area contributed by atoms with Gasteiger partial charge >= 0.3 is 0 Å². The van der Waals surface area contributed by atoms with E-state index in [-0.39, 0.29) is 0 Å². The van der Waals surface area contributed by atoms with Crippen LogP contribution in [-0.2, 0) is 6.42 Å². The van der Waals surface area contributed by atoms with Gasteiger partial charge in [-0.1, -0.05) is 20.8 Å². The fraction of sp³-hybridized carbons (Fsp3) is 0.727. The molecule has 0 amide bonds. The van der Waals surface area contributed by atoms with Gasteiger partial charge in [0.15, 0.2) is 5.13 Å². The molecule has 0 aliphatic rings. The smallest absolute Gasteiger partial charge is 0.185 e. The summed E-state index contributed by atoms with van der Waals surface area (Å²) in [7, 11) is 2.10. The molecule has 15 heavy (non-hydrogen) atoms. The molecular weight excluding hydrogens is 206 g/mol. The van der Waals surface area contributed by atoms with E-state index in [0.717, 1.165) is 24.6 Å². The molecule has 1 aromatic heterocycles. The molecule has 0 unspecified atom stereocenters. The van der Waals surface area contributed by atoms with Crippen LogP contribution in [0.25, 0.3) is 0 Å². The average molecular weight is 227 g/mol. The van der Waals surface area contributed by atoms with E-state index in [4.69, 9.17) is 0 Å². The summed E-state index contributed by atoms with van der Waals surface area (Å²) >= 11 is 1.73. The third-order valence-corrected chi connectivity index (χ3v) is 3.23. The van der Waals surface area contributed by atoms with Crippen LogP contribution in [-0.4, -0.2) is 31.2 Å². The van der Waals surface area contributed by atoms with Crippen LogP contribution >= 0.6 is 11.3 Å². The van der Waals surface area contributed by atoms with Crippen molar-refractivity contribution < 1.29 is 0 Å². The molecule has 0 spiro atoms. The van der Waals surface area contributed by atoms with Crippen molar-refractivity contribution in [3.63, 3.8) is 0 Å². The van der Waals surface area contributed by atoms with Crippen LogP contribution in [0, 0.1) is 0 Å². The first-order valence-electron chi connectivity index (χ1n) is 5.52. The van der Waals surface area contributed by atoms with Gasteiger partial charge in [-0.25, -0.2) is 4.98 Å². The molecule has 0 saturated carbocycles. The lowest BCUT2D eigenvalue weighted by Gasteiger charge is -2.17. The lowest BCUT2D eigenvalue weighted by molar-refractivity contribution is 0.589. The standard InChI is InChI=1S/C11H21N3S/c1-5-10-8-15-11(13-10)14(4)7-6-12-9(2)3/h8-9,12H,5-7H2,1-4H3. The first-order valence-corrected chi connectivity index (χ1v) is 6.40. The molecular formula is C11H21N3S. The largest absolute Gasteiger partial charge is 0.350 e. The predicted molar refractivity (Wildman–Crippen MR) is 67.9 cm³/mol. The van der Waals surface area contributed by atoms with E-state index in [0.29, 0.717) is 6.04 Å². The monoisotopic (exact) mass is 227 g/mol. The van der Waals surface area contributed by atoms with Crippen molar-refractivity contribution in [3.8, 4) is 0 Å². The molecule has 0 aromatic carbocycles. The predicted octanol–water partition coefficient (Wildman–Crippen LogP) is 2.14. The number of thiazole rings is 1. The van der Waals surface area contributed by atoms with Gasteiger partial charge < -0.3 is 10.2 Å². The zero-order chi connectivity index (χ0) is 11.3. The fourth-order valence-electron chi connectivity index (χ4n) is 1.25. The van der Waals surface area contributed by atoms with Gasteiger partial charge in [-0.05, 0) is 6.42 Å². The Morgan fingerprint density at radius 3 is 2.80 bits per heavy atom. The second-order valence-electron chi connectivity index (χ2n) is 4.01. The number of aromatic nitrogens is 1. The first-order chi connectivity index (χ1) is 7.13. The number of anilines is 1. The summed E-state index contributed by atoms with van der Waals surface area (Å²) in [6.45, 7) is 8.49. The van der Waals surface area contributed by atoms with Gasteiger partial charge in [0.05, 0.1) is 5.69 Å². The van der Waals surface area contributed by atoms with Crippen molar-refractivity contribution in [2.45, 2.75) is 33.2 Å². The van der Waals surface area contributed by atoms with Crippen molar-refractivity contribution in [2.75, 3.05) is 25.0 Å². The van der Waals surface area contributed by atoms with Gasteiger partial charge in [-0.2, -0.15) is 0 Å². The normalized spacial score (nSPS) is 11.0. The number of nitrogens with one attached hydrogen (secondary N) is 1. The molecule has 0 atom stereocenters.